The molecule has 0 aliphatic heterocycles. The summed E-state index contributed by atoms with van der Waals surface area (Å²) < 4.78 is 0. The Balaban J connectivity index is 2.11. The first-order valence-corrected chi connectivity index (χ1v) is 7.40. The van der Waals surface area contributed by atoms with Gasteiger partial charge in [0.2, 0.25) is 0 Å². The molecule has 2 rings (SSSR count). The maximum atomic E-state index is 12.3. The molecule has 4 heteroatoms. The molecule has 1 aromatic rings. The molecule has 2 atom stereocenters. The lowest BCUT2D eigenvalue weighted by Gasteiger charge is -2.28. The molecule has 2 unspecified atom stereocenters. The predicted molar refractivity (Wildman–Crippen MR) is 82.8 cm³/mol. The van der Waals surface area contributed by atoms with Gasteiger partial charge in [-0.3, -0.25) is 4.79 Å². The van der Waals surface area contributed by atoms with Crippen LogP contribution in [-0.4, -0.2) is 29.7 Å². The molecule has 1 aliphatic rings. The molecule has 1 aliphatic carbocycles. The lowest BCUT2D eigenvalue weighted by atomic mass is 9.92. The Labute approximate surface area is 125 Å². The number of nitrogens with two attached hydrogens (primary N) is 1. The van der Waals surface area contributed by atoms with Crippen molar-refractivity contribution in [3.63, 3.8) is 0 Å². The van der Waals surface area contributed by atoms with E-state index in [1.165, 1.54) is 0 Å². The summed E-state index contributed by atoms with van der Waals surface area (Å²) in [4.78, 5) is 12.3. The lowest BCUT2D eigenvalue weighted by Crippen LogP contribution is -2.45. The first-order chi connectivity index (χ1) is 10.1. The van der Waals surface area contributed by atoms with Gasteiger partial charge in [-0.05, 0) is 37.5 Å². The molecule has 1 aromatic carbocycles. The second-order valence-electron chi connectivity index (χ2n) is 5.47. The summed E-state index contributed by atoms with van der Waals surface area (Å²) >= 11 is 0. The van der Waals surface area contributed by atoms with Gasteiger partial charge in [0.1, 0.15) is 0 Å². The Kier molecular flexibility index (Phi) is 5.38. The number of aliphatic hydroxyl groups is 1. The first kappa shape index (κ1) is 15.6. The fraction of sp³-hybridized carbons (Fsp3) is 0.471. The largest absolute Gasteiger partial charge is 0.391 e. The van der Waals surface area contributed by atoms with Crippen LogP contribution in [0.15, 0.2) is 18.2 Å². The van der Waals surface area contributed by atoms with Gasteiger partial charge in [-0.2, -0.15) is 0 Å². The van der Waals surface area contributed by atoms with E-state index >= 15 is 0 Å². The highest BCUT2D eigenvalue weighted by molar-refractivity contribution is 5.95. The minimum absolute atomic E-state index is 0.147. The van der Waals surface area contributed by atoms with Gasteiger partial charge in [0.15, 0.2) is 0 Å². The van der Waals surface area contributed by atoms with Gasteiger partial charge in [0.05, 0.1) is 18.7 Å². The number of hydrogen-bond donors (Lipinski definition) is 3. The average molecular weight is 286 g/mol. The lowest BCUT2D eigenvalue weighted by molar-refractivity contribution is 0.0717. The molecule has 0 aromatic heterocycles. The summed E-state index contributed by atoms with van der Waals surface area (Å²) in [5.74, 6) is 5.63. The molecule has 4 N–H and O–H groups in total. The van der Waals surface area contributed by atoms with Crippen LogP contribution in [0, 0.1) is 18.8 Å². The number of carbonyl (C=O) groups is 1. The second kappa shape index (κ2) is 7.26. The molecule has 0 radical (unpaired) electrons. The molecule has 0 saturated heterocycles. The van der Waals surface area contributed by atoms with Gasteiger partial charge in [-0.1, -0.05) is 30.7 Å². The molecule has 4 nitrogen and oxygen atoms in total. The number of amides is 1. The maximum Gasteiger partial charge on any atom is 0.251 e. The Morgan fingerprint density at radius 2 is 2.19 bits per heavy atom. The topological polar surface area (TPSA) is 75.3 Å². The Morgan fingerprint density at radius 1 is 1.43 bits per heavy atom. The zero-order chi connectivity index (χ0) is 15.2. The number of aryl methyl sites for hydroxylation is 1. The van der Waals surface area contributed by atoms with Gasteiger partial charge in [-0.25, -0.2) is 0 Å². The van der Waals surface area contributed by atoms with Crippen molar-refractivity contribution in [1.82, 2.24) is 5.32 Å². The number of rotatable bonds is 2. The van der Waals surface area contributed by atoms with Crippen molar-refractivity contribution < 1.29 is 9.90 Å². The van der Waals surface area contributed by atoms with Gasteiger partial charge in [0.25, 0.3) is 5.91 Å². The third-order valence-corrected chi connectivity index (χ3v) is 3.87. The second-order valence-corrected chi connectivity index (χ2v) is 5.47. The Bertz CT molecular complexity index is 572. The van der Waals surface area contributed by atoms with E-state index in [0.29, 0.717) is 12.1 Å². The van der Waals surface area contributed by atoms with Crippen molar-refractivity contribution >= 4 is 5.91 Å². The van der Waals surface area contributed by atoms with Crippen LogP contribution in [0.2, 0.25) is 0 Å². The fourth-order valence-electron chi connectivity index (χ4n) is 2.58. The van der Waals surface area contributed by atoms with Crippen molar-refractivity contribution in [2.75, 3.05) is 6.54 Å². The third-order valence-electron chi connectivity index (χ3n) is 3.87. The quantitative estimate of drug-likeness (QED) is 0.718. The van der Waals surface area contributed by atoms with Crippen LogP contribution in [0.3, 0.4) is 0 Å². The zero-order valence-electron chi connectivity index (χ0n) is 12.4. The van der Waals surface area contributed by atoms with Gasteiger partial charge >= 0.3 is 0 Å². The third kappa shape index (κ3) is 4.07. The molecule has 21 heavy (non-hydrogen) atoms. The van der Waals surface area contributed by atoms with Crippen molar-refractivity contribution in [3.05, 3.63) is 34.9 Å². The van der Waals surface area contributed by atoms with E-state index < -0.39 is 6.10 Å². The van der Waals surface area contributed by atoms with E-state index in [2.05, 4.69) is 17.2 Å². The molecule has 1 amide bonds. The van der Waals surface area contributed by atoms with Gasteiger partial charge < -0.3 is 16.2 Å². The molecule has 0 bridgehead atoms. The summed E-state index contributed by atoms with van der Waals surface area (Å²) in [6.07, 6.45) is 3.22. The molecule has 0 spiro atoms. The van der Waals surface area contributed by atoms with Crippen LogP contribution in [0.1, 0.15) is 47.2 Å². The summed E-state index contributed by atoms with van der Waals surface area (Å²) in [5.41, 5.74) is 7.79. The molecule has 1 saturated carbocycles. The van der Waals surface area contributed by atoms with E-state index in [-0.39, 0.29) is 11.9 Å². The highest BCUT2D eigenvalue weighted by atomic mass is 16.3. The minimum Gasteiger partial charge on any atom is -0.391 e. The summed E-state index contributed by atoms with van der Waals surface area (Å²) in [6, 6.07) is 5.30. The van der Waals surface area contributed by atoms with Crippen molar-refractivity contribution in [1.29, 1.82) is 0 Å². The van der Waals surface area contributed by atoms with Crippen LogP contribution in [-0.2, 0) is 0 Å². The first-order valence-electron chi connectivity index (χ1n) is 7.40. The SMILES string of the molecule is Cc1ccc(C(=O)NC2CCCCC2O)cc1C#CCN. The Morgan fingerprint density at radius 3 is 2.90 bits per heavy atom. The van der Waals surface area contributed by atoms with E-state index in [9.17, 15) is 9.90 Å². The summed E-state index contributed by atoms with van der Waals surface area (Å²) in [7, 11) is 0. The number of benzene rings is 1. The van der Waals surface area contributed by atoms with Gasteiger partial charge in [0, 0.05) is 11.1 Å². The molecular formula is C17H22N2O2. The van der Waals surface area contributed by atoms with E-state index in [1.807, 2.05) is 13.0 Å². The number of aliphatic hydroxyl groups excluding tert-OH is 1. The standard InChI is InChI=1S/C17H22N2O2/c1-12-8-9-14(11-13(12)5-4-10-18)17(21)19-15-6-2-3-7-16(15)20/h8-9,11,15-16,20H,2-3,6-7,10,18H2,1H3,(H,19,21). The highest BCUT2D eigenvalue weighted by Gasteiger charge is 2.24. The summed E-state index contributed by atoms with van der Waals surface area (Å²) in [6.45, 7) is 2.25. The van der Waals surface area contributed by atoms with Gasteiger partial charge in [-0.15, -0.1) is 0 Å². The van der Waals surface area contributed by atoms with E-state index in [4.69, 9.17) is 5.73 Å². The van der Waals surface area contributed by atoms with Crippen LogP contribution >= 0.6 is 0 Å². The molecular weight excluding hydrogens is 264 g/mol. The van der Waals surface area contributed by atoms with Crippen LogP contribution < -0.4 is 11.1 Å². The zero-order valence-corrected chi connectivity index (χ0v) is 12.4. The van der Waals surface area contributed by atoms with E-state index in [1.54, 1.807) is 12.1 Å². The van der Waals surface area contributed by atoms with Crippen molar-refractivity contribution in [3.8, 4) is 11.8 Å². The number of hydrogen-bond acceptors (Lipinski definition) is 3. The monoisotopic (exact) mass is 286 g/mol. The van der Waals surface area contributed by atoms with Crippen molar-refractivity contribution in [2.45, 2.75) is 44.8 Å². The smallest absolute Gasteiger partial charge is 0.251 e. The average Bonchev–Trinajstić information content (AvgIpc) is 2.48. The normalized spacial score (nSPS) is 21.3. The molecule has 0 heterocycles. The summed E-state index contributed by atoms with van der Waals surface area (Å²) in [5, 5.41) is 12.9. The number of carbonyl (C=O) groups excluding carboxylic acids is 1. The number of nitrogens with one attached hydrogen (secondary N) is 1. The Hall–Kier alpha value is -1.83. The van der Waals surface area contributed by atoms with Crippen molar-refractivity contribution in [2.24, 2.45) is 5.73 Å². The highest BCUT2D eigenvalue weighted by Crippen LogP contribution is 2.19. The fourth-order valence-corrected chi connectivity index (χ4v) is 2.58. The molecule has 1 fully saturated rings. The van der Waals surface area contributed by atoms with Crippen LogP contribution in [0.4, 0.5) is 0 Å². The van der Waals surface area contributed by atoms with Crippen LogP contribution in [0.25, 0.3) is 0 Å². The minimum atomic E-state index is -0.440. The predicted octanol–water partition coefficient (Wildman–Crippen LogP) is 1.34. The van der Waals surface area contributed by atoms with E-state index in [0.717, 1.165) is 36.8 Å². The van der Waals surface area contributed by atoms with Crippen LogP contribution in [0.5, 0.6) is 0 Å². The maximum absolute atomic E-state index is 12.3. The molecule has 112 valence electrons.